The molecular weight excluding hydrogens is 239 g/mol. The molecule has 100 valence electrons. The van der Waals surface area contributed by atoms with Gasteiger partial charge in [0.15, 0.2) is 0 Å². The van der Waals surface area contributed by atoms with E-state index in [-0.39, 0.29) is 12.0 Å². The summed E-state index contributed by atoms with van der Waals surface area (Å²) in [6.45, 7) is 3.81. The zero-order chi connectivity index (χ0) is 13.3. The van der Waals surface area contributed by atoms with Gasteiger partial charge in [-0.15, -0.1) is 0 Å². The van der Waals surface area contributed by atoms with Crippen LogP contribution in [0.15, 0.2) is 24.3 Å². The van der Waals surface area contributed by atoms with Crippen LogP contribution < -0.4 is 5.32 Å². The van der Waals surface area contributed by atoms with Crippen LogP contribution in [0.4, 0.5) is 13.2 Å². The maximum Gasteiger partial charge on any atom is 0.416 e. The van der Waals surface area contributed by atoms with Crippen molar-refractivity contribution in [3.8, 4) is 0 Å². The highest BCUT2D eigenvalue weighted by Crippen LogP contribution is 2.36. The van der Waals surface area contributed by atoms with Gasteiger partial charge in [-0.1, -0.05) is 25.1 Å². The van der Waals surface area contributed by atoms with E-state index in [1.165, 1.54) is 6.07 Å². The molecule has 4 heteroatoms. The standard InChI is InChI=1S/C14H18F3N/c1-9(10(2)18-11-7-8-11)12-5-3-4-6-13(12)14(15,16)17/h3-6,9-11,18H,7-8H2,1-2H3. The number of halogens is 3. The second-order valence-electron chi connectivity index (χ2n) is 5.10. The average molecular weight is 257 g/mol. The topological polar surface area (TPSA) is 12.0 Å². The minimum Gasteiger partial charge on any atom is -0.311 e. The molecule has 0 saturated heterocycles. The summed E-state index contributed by atoms with van der Waals surface area (Å²) < 4.78 is 38.8. The third kappa shape index (κ3) is 3.05. The van der Waals surface area contributed by atoms with Crippen LogP contribution in [-0.4, -0.2) is 12.1 Å². The molecule has 1 nitrogen and oxygen atoms in total. The molecule has 0 spiro atoms. The Morgan fingerprint density at radius 3 is 2.33 bits per heavy atom. The van der Waals surface area contributed by atoms with E-state index in [9.17, 15) is 13.2 Å². The summed E-state index contributed by atoms with van der Waals surface area (Å²) in [6.07, 6.45) is -2.00. The van der Waals surface area contributed by atoms with Crippen molar-refractivity contribution in [3.63, 3.8) is 0 Å². The highest BCUT2D eigenvalue weighted by molar-refractivity contribution is 5.33. The monoisotopic (exact) mass is 257 g/mol. The third-order valence-electron chi connectivity index (χ3n) is 3.58. The van der Waals surface area contributed by atoms with E-state index in [1.54, 1.807) is 12.1 Å². The summed E-state index contributed by atoms with van der Waals surface area (Å²) in [5, 5.41) is 3.36. The lowest BCUT2D eigenvalue weighted by molar-refractivity contribution is -0.138. The van der Waals surface area contributed by atoms with Gasteiger partial charge in [0.25, 0.3) is 0 Å². The first-order valence-electron chi connectivity index (χ1n) is 6.31. The van der Waals surface area contributed by atoms with E-state index >= 15 is 0 Å². The molecule has 2 unspecified atom stereocenters. The Morgan fingerprint density at radius 2 is 1.78 bits per heavy atom. The van der Waals surface area contributed by atoms with Crippen LogP contribution in [0.25, 0.3) is 0 Å². The van der Waals surface area contributed by atoms with Crippen molar-refractivity contribution in [3.05, 3.63) is 35.4 Å². The van der Waals surface area contributed by atoms with E-state index in [0.29, 0.717) is 11.6 Å². The van der Waals surface area contributed by atoms with Crippen molar-refractivity contribution >= 4 is 0 Å². The van der Waals surface area contributed by atoms with Crippen LogP contribution in [0, 0.1) is 0 Å². The maximum absolute atomic E-state index is 12.9. The second-order valence-corrected chi connectivity index (χ2v) is 5.10. The molecule has 0 aromatic heterocycles. The van der Waals surface area contributed by atoms with E-state index in [0.717, 1.165) is 18.9 Å². The fraction of sp³-hybridized carbons (Fsp3) is 0.571. The summed E-state index contributed by atoms with van der Waals surface area (Å²) in [4.78, 5) is 0. The summed E-state index contributed by atoms with van der Waals surface area (Å²) in [5.41, 5.74) is -0.132. The molecule has 1 saturated carbocycles. The number of nitrogens with one attached hydrogen (secondary N) is 1. The Bertz CT molecular complexity index is 410. The molecule has 0 bridgehead atoms. The maximum atomic E-state index is 12.9. The quantitative estimate of drug-likeness (QED) is 0.861. The number of alkyl halides is 3. The largest absolute Gasteiger partial charge is 0.416 e. The lowest BCUT2D eigenvalue weighted by Crippen LogP contribution is -2.33. The molecule has 1 aromatic rings. The molecule has 1 aliphatic rings. The first-order valence-corrected chi connectivity index (χ1v) is 6.31. The van der Waals surface area contributed by atoms with Crippen molar-refractivity contribution in [2.45, 2.75) is 50.9 Å². The Kier molecular flexibility index (Phi) is 3.66. The lowest BCUT2D eigenvalue weighted by atomic mass is 9.90. The Labute approximate surface area is 105 Å². The number of hydrogen-bond acceptors (Lipinski definition) is 1. The molecule has 0 aliphatic heterocycles. The predicted molar refractivity (Wildman–Crippen MR) is 65.5 cm³/mol. The molecule has 0 amide bonds. The van der Waals surface area contributed by atoms with Crippen molar-refractivity contribution in [2.24, 2.45) is 0 Å². The van der Waals surface area contributed by atoms with E-state index in [2.05, 4.69) is 5.32 Å². The highest BCUT2D eigenvalue weighted by atomic mass is 19.4. The Hall–Kier alpha value is -1.03. The van der Waals surface area contributed by atoms with Crippen LogP contribution in [0.3, 0.4) is 0 Å². The average Bonchev–Trinajstić information content (AvgIpc) is 3.11. The molecule has 1 fully saturated rings. The SMILES string of the molecule is CC(NC1CC1)C(C)c1ccccc1C(F)(F)F. The van der Waals surface area contributed by atoms with Gasteiger partial charge in [0, 0.05) is 12.1 Å². The van der Waals surface area contributed by atoms with Gasteiger partial charge in [0.05, 0.1) is 5.56 Å². The molecular formula is C14H18F3N. The molecule has 1 aliphatic carbocycles. The van der Waals surface area contributed by atoms with Crippen molar-refractivity contribution in [2.75, 3.05) is 0 Å². The van der Waals surface area contributed by atoms with Gasteiger partial charge in [-0.3, -0.25) is 0 Å². The van der Waals surface area contributed by atoms with Gasteiger partial charge in [0.1, 0.15) is 0 Å². The van der Waals surface area contributed by atoms with Crippen molar-refractivity contribution in [1.82, 2.24) is 5.32 Å². The van der Waals surface area contributed by atoms with Crippen LogP contribution in [0.1, 0.15) is 43.7 Å². The zero-order valence-corrected chi connectivity index (χ0v) is 10.6. The van der Waals surface area contributed by atoms with E-state index < -0.39 is 11.7 Å². The number of hydrogen-bond donors (Lipinski definition) is 1. The molecule has 18 heavy (non-hydrogen) atoms. The third-order valence-corrected chi connectivity index (χ3v) is 3.58. The summed E-state index contributed by atoms with van der Waals surface area (Å²) in [5.74, 6) is -0.150. The fourth-order valence-electron chi connectivity index (χ4n) is 2.19. The highest BCUT2D eigenvalue weighted by Gasteiger charge is 2.35. The molecule has 2 rings (SSSR count). The molecule has 2 atom stereocenters. The minimum atomic E-state index is -4.27. The van der Waals surface area contributed by atoms with Gasteiger partial charge in [-0.2, -0.15) is 13.2 Å². The predicted octanol–water partition coefficient (Wildman–Crippen LogP) is 3.95. The number of benzene rings is 1. The first-order chi connectivity index (χ1) is 8.39. The van der Waals surface area contributed by atoms with Gasteiger partial charge in [-0.25, -0.2) is 0 Å². The lowest BCUT2D eigenvalue weighted by Gasteiger charge is -2.24. The fourth-order valence-corrected chi connectivity index (χ4v) is 2.19. The first kappa shape index (κ1) is 13.4. The normalized spacial score (nSPS) is 19.6. The number of rotatable bonds is 4. The minimum absolute atomic E-state index is 0.0565. The molecule has 0 heterocycles. The van der Waals surface area contributed by atoms with Gasteiger partial charge in [0.2, 0.25) is 0 Å². The van der Waals surface area contributed by atoms with Gasteiger partial charge >= 0.3 is 6.18 Å². The molecule has 0 radical (unpaired) electrons. The Balaban J connectivity index is 2.20. The molecule has 1 N–H and O–H groups in total. The van der Waals surface area contributed by atoms with Crippen molar-refractivity contribution in [1.29, 1.82) is 0 Å². The zero-order valence-electron chi connectivity index (χ0n) is 10.6. The molecule has 1 aromatic carbocycles. The van der Waals surface area contributed by atoms with Crippen LogP contribution in [-0.2, 0) is 6.18 Å². The van der Waals surface area contributed by atoms with Crippen molar-refractivity contribution < 1.29 is 13.2 Å². The van der Waals surface area contributed by atoms with Gasteiger partial charge < -0.3 is 5.32 Å². The summed E-state index contributed by atoms with van der Waals surface area (Å²) >= 11 is 0. The summed E-state index contributed by atoms with van der Waals surface area (Å²) in [7, 11) is 0. The van der Waals surface area contributed by atoms with Crippen LogP contribution >= 0.6 is 0 Å². The van der Waals surface area contributed by atoms with E-state index in [4.69, 9.17) is 0 Å². The van der Waals surface area contributed by atoms with E-state index in [1.807, 2.05) is 13.8 Å². The van der Waals surface area contributed by atoms with Gasteiger partial charge in [-0.05, 0) is 37.3 Å². The van der Waals surface area contributed by atoms with Crippen LogP contribution in [0.5, 0.6) is 0 Å². The summed E-state index contributed by atoms with van der Waals surface area (Å²) in [6, 6.07) is 6.42. The Morgan fingerprint density at radius 1 is 1.17 bits per heavy atom. The smallest absolute Gasteiger partial charge is 0.311 e. The second kappa shape index (κ2) is 4.92. The van der Waals surface area contributed by atoms with Crippen LogP contribution in [0.2, 0.25) is 0 Å².